The van der Waals surface area contributed by atoms with Crippen LogP contribution in [0, 0.1) is 18.3 Å². The first kappa shape index (κ1) is 10.8. The molecule has 0 saturated carbocycles. The van der Waals surface area contributed by atoms with E-state index in [0.717, 1.165) is 5.56 Å². The van der Waals surface area contributed by atoms with Gasteiger partial charge in [0.2, 0.25) is 0 Å². The van der Waals surface area contributed by atoms with Crippen LogP contribution in [0.3, 0.4) is 0 Å². The van der Waals surface area contributed by atoms with E-state index in [1.807, 2.05) is 13.0 Å². The highest BCUT2D eigenvalue weighted by molar-refractivity contribution is 6.30. The molecule has 74 valence electrons. The molecule has 2 N–H and O–H groups in total. The Morgan fingerprint density at radius 3 is 2.71 bits per heavy atom. The van der Waals surface area contributed by atoms with Crippen LogP contribution in [0.5, 0.6) is 5.75 Å². The molecule has 0 saturated heterocycles. The van der Waals surface area contributed by atoms with Crippen molar-refractivity contribution in [1.82, 2.24) is 0 Å². The van der Waals surface area contributed by atoms with E-state index in [0.29, 0.717) is 16.3 Å². The number of methoxy groups -OCH3 is 1. The van der Waals surface area contributed by atoms with E-state index in [2.05, 4.69) is 0 Å². The zero-order valence-corrected chi connectivity index (χ0v) is 8.80. The van der Waals surface area contributed by atoms with Gasteiger partial charge < -0.3 is 10.5 Å². The van der Waals surface area contributed by atoms with Gasteiger partial charge in [0.15, 0.2) is 0 Å². The molecule has 3 nitrogen and oxygen atoms in total. The Bertz CT molecular complexity index is 384. The van der Waals surface area contributed by atoms with Crippen LogP contribution < -0.4 is 10.5 Å². The fourth-order valence-corrected chi connectivity index (χ4v) is 1.62. The molecule has 0 aliphatic carbocycles. The van der Waals surface area contributed by atoms with Crippen molar-refractivity contribution in [2.45, 2.75) is 13.0 Å². The Hall–Kier alpha value is -1.24. The van der Waals surface area contributed by atoms with E-state index >= 15 is 0 Å². The van der Waals surface area contributed by atoms with Crippen LogP contribution in [0.1, 0.15) is 17.2 Å². The number of nitriles is 1. The van der Waals surface area contributed by atoms with E-state index in [1.165, 1.54) is 0 Å². The van der Waals surface area contributed by atoms with Crippen LogP contribution in [0.15, 0.2) is 12.1 Å². The number of hydrogen-bond acceptors (Lipinski definition) is 3. The van der Waals surface area contributed by atoms with Crippen molar-refractivity contribution in [3.05, 3.63) is 28.3 Å². The third kappa shape index (κ3) is 1.98. The van der Waals surface area contributed by atoms with Gasteiger partial charge in [0, 0.05) is 10.6 Å². The van der Waals surface area contributed by atoms with Crippen LogP contribution in [0.4, 0.5) is 0 Å². The summed E-state index contributed by atoms with van der Waals surface area (Å²) in [5.41, 5.74) is 7.11. The fraction of sp³-hybridized carbons (Fsp3) is 0.300. The van der Waals surface area contributed by atoms with Gasteiger partial charge in [-0.15, -0.1) is 0 Å². The van der Waals surface area contributed by atoms with E-state index < -0.39 is 6.04 Å². The summed E-state index contributed by atoms with van der Waals surface area (Å²) in [5.74, 6) is 0.628. The molecule has 0 aliphatic heterocycles. The van der Waals surface area contributed by atoms with Crippen LogP contribution in [0.2, 0.25) is 5.02 Å². The first-order valence-electron chi connectivity index (χ1n) is 4.09. The monoisotopic (exact) mass is 210 g/mol. The normalized spacial score (nSPS) is 11.9. The molecule has 0 radical (unpaired) electrons. The molecule has 0 aliphatic rings. The SMILES string of the molecule is COc1c(C)cc(Cl)cc1C(N)C#N. The lowest BCUT2D eigenvalue weighted by molar-refractivity contribution is 0.405. The number of aryl methyl sites for hydroxylation is 1. The minimum absolute atomic E-state index is 0.559. The third-order valence-corrected chi connectivity index (χ3v) is 2.16. The summed E-state index contributed by atoms with van der Waals surface area (Å²) in [4.78, 5) is 0. The molecule has 0 bridgehead atoms. The van der Waals surface area contributed by atoms with Crippen molar-refractivity contribution in [2.24, 2.45) is 5.73 Å². The molecule has 1 aromatic carbocycles. The predicted octanol–water partition coefficient (Wildman–Crippen LogP) is 2.18. The number of nitrogens with zero attached hydrogens (tertiary/aromatic N) is 1. The van der Waals surface area contributed by atoms with Gasteiger partial charge in [0.05, 0.1) is 13.2 Å². The van der Waals surface area contributed by atoms with Crippen LogP contribution >= 0.6 is 11.6 Å². The highest BCUT2D eigenvalue weighted by Crippen LogP contribution is 2.30. The predicted molar refractivity (Wildman–Crippen MR) is 55.3 cm³/mol. The molecule has 1 unspecified atom stereocenters. The molecular formula is C10H11ClN2O. The summed E-state index contributed by atoms with van der Waals surface area (Å²) < 4.78 is 5.16. The quantitative estimate of drug-likeness (QED) is 0.814. The molecule has 0 amide bonds. The van der Waals surface area contributed by atoms with Crippen molar-refractivity contribution in [1.29, 1.82) is 5.26 Å². The number of ether oxygens (including phenoxy) is 1. The van der Waals surface area contributed by atoms with Crippen molar-refractivity contribution in [3.63, 3.8) is 0 Å². The second kappa shape index (κ2) is 4.32. The largest absolute Gasteiger partial charge is 0.496 e. The van der Waals surface area contributed by atoms with Gasteiger partial charge in [-0.1, -0.05) is 11.6 Å². The first-order chi connectivity index (χ1) is 6.60. The van der Waals surface area contributed by atoms with Crippen molar-refractivity contribution in [3.8, 4) is 11.8 Å². The third-order valence-electron chi connectivity index (χ3n) is 1.95. The second-order valence-corrected chi connectivity index (χ2v) is 3.39. The average Bonchev–Trinajstić information content (AvgIpc) is 2.15. The Balaban J connectivity index is 3.33. The summed E-state index contributed by atoms with van der Waals surface area (Å²) in [5, 5.41) is 9.28. The van der Waals surface area contributed by atoms with E-state index in [-0.39, 0.29) is 0 Å². The minimum Gasteiger partial charge on any atom is -0.496 e. The summed E-state index contributed by atoms with van der Waals surface area (Å²) in [6.45, 7) is 1.86. The highest BCUT2D eigenvalue weighted by atomic mass is 35.5. The van der Waals surface area contributed by atoms with Gasteiger partial charge in [-0.05, 0) is 24.6 Å². The number of hydrogen-bond donors (Lipinski definition) is 1. The molecule has 0 heterocycles. The summed E-state index contributed by atoms with van der Waals surface area (Å²) in [6, 6.07) is 4.67. The zero-order chi connectivity index (χ0) is 10.7. The number of halogens is 1. The van der Waals surface area contributed by atoms with Crippen molar-refractivity contribution < 1.29 is 4.74 Å². The van der Waals surface area contributed by atoms with Gasteiger partial charge in [-0.2, -0.15) is 5.26 Å². The van der Waals surface area contributed by atoms with E-state index in [9.17, 15) is 0 Å². The number of nitrogens with two attached hydrogens (primary N) is 1. The van der Waals surface area contributed by atoms with Crippen molar-refractivity contribution >= 4 is 11.6 Å². The molecule has 14 heavy (non-hydrogen) atoms. The maximum absolute atomic E-state index is 8.72. The Kier molecular flexibility index (Phi) is 3.34. The molecule has 0 spiro atoms. The summed E-state index contributed by atoms with van der Waals surface area (Å²) in [6.07, 6.45) is 0. The maximum atomic E-state index is 8.72. The van der Waals surface area contributed by atoms with Crippen molar-refractivity contribution in [2.75, 3.05) is 7.11 Å². The molecule has 4 heteroatoms. The molecular weight excluding hydrogens is 200 g/mol. The summed E-state index contributed by atoms with van der Waals surface area (Å²) in [7, 11) is 1.55. The number of benzene rings is 1. The molecule has 1 rings (SSSR count). The molecule has 0 aromatic heterocycles. The Morgan fingerprint density at radius 2 is 2.21 bits per heavy atom. The van der Waals surface area contributed by atoms with Crippen LogP contribution in [0.25, 0.3) is 0 Å². The highest BCUT2D eigenvalue weighted by Gasteiger charge is 2.14. The minimum atomic E-state index is -0.706. The Morgan fingerprint density at radius 1 is 1.57 bits per heavy atom. The maximum Gasteiger partial charge on any atom is 0.127 e. The van der Waals surface area contributed by atoms with Gasteiger partial charge >= 0.3 is 0 Å². The lowest BCUT2D eigenvalue weighted by atomic mass is 10.0. The molecule has 0 fully saturated rings. The lowest BCUT2D eigenvalue weighted by Gasteiger charge is -2.13. The van der Waals surface area contributed by atoms with E-state index in [1.54, 1.807) is 19.2 Å². The average molecular weight is 211 g/mol. The van der Waals surface area contributed by atoms with Crippen LogP contribution in [-0.4, -0.2) is 7.11 Å². The van der Waals surface area contributed by atoms with Gasteiger partial charge in [0.1, 0.15) is 11.8 Å². The standard InChI is InChI=1S/C10H11ClN2O/c1-6-3-7(11)4-8(9(13)5-12)10(6)14-2/h3-4,9H,13H2,1-2H3. The summed E-state index contributed by atoms with van der Waals surface area (Å²) >= 11 is 5.86. The molecule has 1 atom stereocenters. The fourth-order valence-electron chi connectivity index (χ4n) is 1.34. The first-order valence-corrected chi connectivity index (χ1v) is 4.47. The van der Waals surface area contributed by atoms with Crippen LogP contribution in [-0.2, 0) is 0 Å². The molecule has 1 aromatic rings. The van der Waals surface area contributed by atoms with Gasteiger partial charge in [0.25, 0.3) is 0 Å². The zero-order valence-electron chi connectivity index (χ0n) is 8.04. The second-order valence-electron chi connectivity index (χ2n) is 2.95. The Labute approximate surface area is 88.0 Å². The smallest absolute Gasteiger partial charge is 0.127 e. The topological polar surface area (TPSA) is 59.0 Å². The number of rotatable bonds is 2. The lowest BCUT2D eigenvalue weighted by Crippen LogP contribution is -2.09. The van der Waals surface area contributed by atoms with Gasteiger partial charge in [-0.25, -0.2) is 0 Å². The van der Waals surface area contributed by atoms with E-state index in [4.69, 9.17) is 27.3 Å². The van der Waals surface area contributed by atoms with Gasteiger partial charge in [-0.3, -0.25) is 0 Å².